The van der Waals surface area contributed by atoms with Crippen molar-refractivity contribution in [2.75, 3.05) is 6.61 Å². The van der Waals surface area contributed by atoms with E-state index < -0.39 is 0 Å². The van der Waals surface area contributed by atoms with Crippen molar-refractivity contribution in [1.29, 1.82) is 0 Å². The molecule has 0 radical (unpaired) electrons. The summed E-state index contributed by atoms with van der Waals surface area (Å²) in [6.07, 6.45) is 0.856. The van der Waals surface area contributed by atoms with Crippen LogP contribution in [0.15, 0.2) is 22.6 Å². The van der Waals surface area contributed by atoms with E-state index in [0.29, 0.717) is 24.6 Å². The van der Waals surface area contributed by atoms with Gasteiger partial charge in [-0.05, 0) is 37.6 Å². The van der Waals surface area contributed by atoms with Gasteiger partial charge in [-0.15, -0.1) is 0 Å². The fourth-order valence-corrected chi connectivity index (χ4v) is 2.20. The van der Waals surface area contributed by atoms with Gasteiger partial charge in [0, 0.05) is 12.0 Å². The molecule has 0 saturated heterocycles. The number of aromatic nitrogens is 1. The van der Waals surface area contributed by atoms with Crippen LogP contribution < -0.4 is 10.1 Å². The van der Waals surface area contributed by atoms with Crippen LogP contribution in [0.1, 0.15) is 33.3 Å². The van der Waals surface area contributed by atoms with Gasteiger partial charge >= 0.3 is 0 Å². The van der Waals surface area contributed by atoms with Crippen LogP contribution in [0, 0.1) is 13.8 Å². The first-order valence-corrected chi connectivity index (χ1v) is 6.60. The molecular weight excluding hydrogens is 256 g/mol. The van der Waals surface area contributed by atoms with Crippen molar-refractivity contribution in [2.45, 2.75) is 26.8 Å². The highest BCUT2D eigenvalue weighted by Gasteiger charge is 2.15. The summed E-state index contributed by atoms with van der Waals surface area (Å²) >= 11 is 0. The maximum absolute atomic E-state index is 12.1. The number of fused-ring (bicyclic) bond motifs is 1. The van der Waals surface area contributed by atoms with E-state index >= 15 is 0 Å². The lowest BCUT2D eigenvalue weighted by Gasteiger charge is -2.04. The molecule has 20 heavy (non-hydrogen) atoms. The highest BCUT2D eigenvalue weighted by molar-refractivity contribution is 5.94. The van der Waals surface area contributed by atoms with E-state index in [-0.39, 0.29) is 5.91 Å². The number of oxazole rings is 1. The number of benzene rings is 1. The number of carbonyl (C=O) groups excluding carboxylic acids is 1. The zero-order chi connectivity index (χ0) is 14.1. The molecule has 5 nitrogen and oxygen atoms in total. The first kappa shape index (κ1) is 12.7. The molecule has 1 aliphatic rings. The number of hydrogen-bond acceptors (Lipinski definition) is 4. The Kier molecular flexibility index (Phi) is 3.18. The number of nitrogens with zero attached hydrogens (tertiary/aromatic N) is 1. The third-order valence-electron chi connectivity index (χ3n) is 3.42. The average molecular weight is 272 g/mol. The zero-order valence-corrected chi connectivity index (χ0v) is 11.5. The lowest BCUT2D eigenvalue weighted by Crippen LogP contribution is -2.23. The Morgan fingerprint density at radius 1 is 1.40 bits per heavy atom. The minimum absolute atomic E-state index is 0.131. The van der Waals surface area contributed by atoms with Crippen molar-refractivity contribution >= 4 is 5.91 Å². The minimum atomic E-state index is -0.131. The van der Waals surface area contributed by atoms with E-state index in [0.717, 1.165) is 29.2 Å². The molecule has 5 heteroatoms. The molecule has 0 atom stereocenters. The molecule has 1 N–H and O–H groups in total. The molecule has 1 aromatic carbocycles. The average Bonchev–Trinajstić information content (AvgIpc) is 3.02. The van der Waals surface area contributed by atoms with Gasteiger partial charge < -0.3 is 14.5 Å². The quantitative estimate of drug-likeness (QED) is 0.930. The van der Waals surface area contributed by atoms with Crippen molar-refractivity contribution in [2.24, 2.45) is 0 Å². The van der Waals surface area contributed by atoms with Crippen molar-refractivity contribution < 1.29 is 13.9 Å². The van der Waals surface area contributed by atoms with Crippen molar-refractivity contribution in [3.8, 4) is 5.75 Å². The smallest absolute Gasteiger partial charge is 0.251 e. The Labute approximate surface area is 117 Å². The van der Waals surface area contributed by atoms with Crippen LogP contribution in [0.2, 0.25) is 0 Å². The van der Waals surface area contributed by atoms with Gasteiger partial charge in [-0.25, -0.2) is 4.98 Å². The lowest BCUT2D eigenvalue weighted by molar-refractivity contribution is 0.0947. The second-order valence-corrected chi connectivity index (χ2v) is 4.85. The van der Waals surface area contributed by atoms with Crippen LogP contribution in [-0.4, -0.2) is 17.5 Å². The molecule has 0 aliphatic carbocycles. The summed E-state index contributed by atoms with van der Waals surface area (Å²) in [6.45, 7) is 4.72. The Bertz CT molecular complexity index is 642. The molecule has 104 valence electrons. The van der Waals surface area contributed by atoms with E-state index in [4.69, 9.17) is 9.15 Å². The number of ether oxygens (including phenoxy) is 1. The number of hydrogen-bond donors (Lipinski definition) is 1. The summed E-state index contributed by atoms with van der Waals surface area (Å²) in [5, 5.41) is 2.81. The van der Waals surface area contributed by atoms with Gasteiger partial charge in [0.1, 0.15) is 11.5 Å². The van der Waals surface area contributed by atoms with E-state index in [9.17, 15) is 4.79 Å². The molecular formula is C15H16N2O3. The van der Waals surface area contributed by atoms with Gasteiger partial charge in [0.2, 0.25) is 5.89 Å². The van der Waals surface area contributed by atoms with Crippen LogP contribution in [0.4, 0.5) is 0 Å². The Balaban J connectivity index is 1.67. The molecule has 1 aliphatic heterocycles. The normalized spacial score (nSPS) is 12.9. The highest BCUT2D eigenvalue weighted by Crippen LogP contribution is 2.25. The van der Waals surface area contributed by atoms with Crippen LogP contribution in [0.3, 0.4) is 0 Å². The number of nitrogens with one attached hydrogen (secondary N) is 1. The third-order valence-corrected chi connectivity index (χ3v) is 3.42. The first-order chi connectivity index (χ1) is 9.63. The van der Waals surface area contributed by atoms with Crippen LogP contribution >= 0.6 is 0 Å². The number of amides is 1. The topological polar surface area (TPSA) is 64.4 Å². The van der Waals surface area contributed by atoms with Gasteiger partial charge in [0.25, 0.3) is 5.91 Å². The fraction of sp³-hybridized carbons (Fsp3) is 0.333. The first-order valence-electron chi connectivity index (χ1n) is 6.60. The minimum Gasteiger partial charge on any atom is -0.493 e. The number of rotatable bonds is 3. The molecule has 0 bridgehead atoms. The van der Waals surface area contributed by atoms with Gasteiger partial charge in [0.05, 0.1) is 18.8 Å². The molecule has 2 heterocycles. The monoisotopic (exact) mass is 272 g/mol. The predicted molar refractivity (Wildman–Crippen MR) is 72.8 cm³/mol. The second-order valence-electron chi connectivity index (χ2n) is 4.85. The largest absolute Gasteiger partial charge is 0.493 e. The maximum atomic E-state index is 12.1. The van der Waals surface area contributed by atoms with Crippen molar-refractivity contribution in [3.63, 3.8) is 0 Å². The lowest BCUT2D eigenvalue weighted by atomic mass is 10.1. The highest BCUT2D eigenvalue weighted by atomic mass is 16.5. The summed E-state index contributed by atoms with van der Waals surface area (Å²) in [5.74, 6) is 2.05. The maximum Gasteiger partial charge on any atom is 0.251 e. The molecule has 0 unspecified atom stereocenters. The van der Waals surface area contributed by atoms with Gasteiger partial charge in [-0.2, -0.15) is 0 Å². The summed E-state index contributed by atoms with van der Waals surface area (Å²) in [5.41, 5.74) is 2.57. The van der Waals surface area contributed by atoms with Gasteiger partial charge in [0.15, 0.2) is 0 Å². The van der Waals surface area contributed by atoms with Crippen molar-refractivity contribution in [1.82, 2.24) is 10.3 Å². The number of aryl methyl sites for hydroxylation is 2. The summed E-state index contributed by atoms with van der Waals surface area (Å²) in [4.78, 5) is 16.3. The second kappa shape index (κ2) is 5.00. The molecule has 1 aromatic heterocycles. The third kappa shape index (κ3) is 2.39. The van der Waals surface area contributed by atoms with E-state index in [1.165, 1.54) is 0 Å². The zero-order valence-electron chi connectivity index (χ0n) is 11.5. The summed E-state index contributed by atoms with van der Waals surface area (Å²) < 4.78 is 10.9. The van der Waals surface area contributed by atoms with E-state index in [2.05, 4.69) is 10.3 Å². The van der Waals surface area contributed by atoms with E-state index in [1.807, 2.05) is 26.0 Å². The van der Waals surface area contributed by atoms with Crippen LogP contribution in [0.5, 0.6) is 5.75 Å². The Hall–Kier alpha value is -2.30. The SMILES string of the molecule is Cc1nc(CNC(=O)c2ccc3c(c2)CCO3)oc1C. The predicted octanol–water partition coefficient (Wildman–Crippen LogP) is 2.16. The van der Waals surface area contributed by atoms with Gasteiger partial charge in [-0.1, -0.05) is 0 Å². The number of carbonyl (C=O) groups is 1. The molecule has 0 spiro atoms. The van der Waals surface area contributed by atoms with Crippen LogP contribution in [0.25, 0.3) is 0 Å². The molecule has 1 amide bonds. The standard InChI is InChI=1S/C15H16N2O3/c1-9-10(2)20-14(17-9)8-16-15(18)12-3-4-13-11(7-12)5-6-19-13/h3-4,7H,5-6,8H2,1-2H3,(H,16,18). The fourth-order valence-electron chi connectivity index (χ4n) is 2.20. The van der Waals surface area contributed by atoms with Crippen LogP contribution in [-0.2, 0) is 13.0 Å². The molecule has 0 saturated carbocycles. The Morgan fingerprint density at radius 2 is 2.25 bits per heavy atom. The molecule has 3 rings (SSSR count). The summed E-state index contributed by atoms with van der Waals surface area (Å²) in [6, 6.07) is 5.49. The summed E-state index contributed by atoms with van der Waals surface area (Å²) in [7, 11) is 0. The Morgan fingerprint density at radius 3 is 3.00 bits per heavy atom. The van der Waals surface area contributed by atoms with E-state index in [1.54, 1.807) is 6.07 Å². The molecule has 0 fully saturated rings. The van der Waals surface area contributed by atoms with Gasteiger partial charge in [-0.3, -0.25) is 4.79 Å². The molecule has 2 aromatic rings. The van der Waals surface area contributed by atoms with Crippen molar-refractivity contribution in [3.05, 3.63) is 46.7 Å².